The number of amides is 1. The van der Waals surface area contributed by atoms with Crippen molar-refractivity contribution in [2.45, 2.75) is 6.54 Å². The summed E-state index contributed by atoms with van der Waals surface area (Å²) in [5, 5.41) is 4.29. The number of hydrogen-bond donors (Lipinski definition) is 1. The highest BCUT2D eigenvalue weighted by molar-refractivity contribution is 6.34. The van der Waals surface area contributed by atoms with E-state index in [9.17, 15) is 4.79 Å². The largest absolute Gasteiger partial charge is 0.495 e. The zero-order valence-corrected chi connectivity index (χ0v) is 16.9. The first kappa shape index (κ1) is 20.6. The molecule has 0 saturated heterocycles. The van der Waals surface area contributed by atoms with Gasteiger partial charge >= 0.3 is 0 Å². The minimum atomic E-state index is -0.208. The summed E-state index contributed by atoms with van der Waals surface area (Å²) in [4.78, 5) is 14.2. The fraction of sp³-hybridized carbons (Fsp3) is 0.278. The Labute approximate surface area is 167 Å². The van der Waals surface area contributed by atoms with E-state index in [1.54, 1.807) is 18.2 Å². The Hall–Kier alpha value is -1.66. The van der Waals surface area contributed by atoms with Crippen LogP contribution < -0.4 is 14.8 Å². The van der Waals surface area contributed by atoms with Gasteiger partial charge in [0.2, 0.25) is 5.91 Å². The van der Waals surface area contributed by atoms with E-state index in [1.807, 2.05) is 24.1 Å². The summed E-state index contributed by atoms with van der Waals surface area (Å²) in [5.41, 5.74) is 1.39. The van der Waals surface area contributed by atoms with Crippen molar-refractivity contribution in [2.24, 2.45) is 0 Å². The van der Waals surface area contributed by atoms with Crippen molar-refractivity contribution < 1.29 is 14.3 Å². The predicted octanol–water partition coefficient (Wildman–Crippen LogP) is 4.73. The van der Waals surface area contributed by atoms with Gasteiger partial charge in [0.15, 0.2) is 0 Å². The Morgan fingerprint density at radius 1 is 1.00 bits per heavy atom. The first-order valence-electron chi connectivity index (χ1n) is 7.67. The SMILES string of the molecule is COc1cc(OC)c(NC(=O)CN(C)Cc2cc(Cl)cc(Cl)c2)cc1Cl. The Balaban J connectivity index is 2.02. The van der Waals surface area contributed by atoms with Crippen LogP contribution in [0.1, 0.15) is 5.56 Å². The number of carbonyl (C=O) groups excluding carboxylic acids is 1. The minimum Gasteiger partial charge on any atom is -0.495 e. The predicted molar refractivity (Wildman–Crippen MR) is 106 cm³/mol. The number of methoxy groups -OCH3 is 2. The van der Waals surface area contributed by atoms with Crippen molar-refractivity contribution in [2.75, 3.05) is 33.1 Å². The van der Waals surface area contributed by atoms with Gasteiger partial charge in [0, 0.05) is 22.7 Å². The number of nitrogens with zero attached hydrogens (tertiary/aromatic N) is 1. The average molecular weight is 418 g/mol. The molecule has 5 nitrogen and oxygen atoms in total. The van der Waals surface area contributed by atoms with Gasteiger partial charge in [0.05, 0.1) is 31.5 Å². The molecule has 0 unspecified atom stereocenters. The number of carbonyl (C=O) groups is 1. The molecule has 26 heavy (non-hydrogen) atoms. The van der Waals surface area contributed by atoms with Crippen molar-refractivity contribution in [3.05, 3.63) is 51.0 Å². The minimum absolute atomic E-state index is 0.164. The van der Waals surface area contributed by atoms with Gasteiger partial charge < -0.3 is 14.8 Å². The van der Waals surface area contributed by atoms with Crippen LogP contribution in [-0.2, 0) is 11.3 Å². The van der Waals surface area contributed by atoms with Gasteiger partial charge in [-0.15, -0.1) is 0 Å². The maximum Gasteiger partial charge on any atom is 0.238 e. The number of anilines is 1. The highest BCUT2D eigenvalue weighted by Gasteiger charge is 2.14. The summed E-state index contributed by atoms with van der Waals surface area (Å²) in [7, 11) is 4.84. The second-order valence-corrected chi connectivity index (χ2v) is 6.97. The van der Waals surface area contributed by atoms with Gasteiger partial charge in [-0.05, 0) is 36.9 Å². The van der Waals surface area contributed by atoms with Gasteiger partial charge in [0.1, 0.15) is 11.5 Å². The Morgan fingerprint density at radius 2 is 1.62 bits per heavy atom. The molecule has 0 radical (unpaired) electrons. The smallest absolute Gasteiger partial charge is 0.238 e. The van der Waals surface area contributed by atoms with Crippen molar-refractivity contribution in [3.8, 4) is 11.5 Å². The van der Waals surface area contributed by atoms with Gasteiger partial charge in [-0.25, -0.2) is 0 Å². The van der Waals surface area contributed by atoms with Crippen LogP contribution in [0.3, 0.4) is 0 Å². The lowest BCUT2D eigenvalue weighted by atomic mass is 10.2. The third-order valence-corrected chi connectivity index (χ3v) is 4.27. The molecule has 2 aromatic rings. The van der Waals surface area contributed by atoms with Crippen molar-refractivity contribution in [1.82, 2.24) is 4.90 Å². The maximum absolute atomic E-state index is 12.3. The van der Waals surface area contributed by atoms with Crippen LogP contribution in [0.25, 0.3) is 0 Å². The molecule has 0 aliphatic heterocycles. The van der Waals surface area contributed by atoms with Crippen molar-refractivity contribution in [3.63, 3.8) is 0 Å². The molecule has 1 amide bonds. The van der Waals surface area contributed by atoms with Crippen LogP contribution in [0.15, 0.2) is 30.3 Å². The summed E-state index contributed by atoms with van der Waals surface area (Å²) in [5.74, 6) is 0.723. The standard InChI is InChI=1S/C18H19Cl3N2O3/c1-23(9-11-4-12(19)6-13(20)5-11)10-18(24)22-15-7-14(21)16(25-2)8-17(15)26-3/h4-8H,9-10H2,1-3H3,(H,22,24). The average Bonchev–Trinajstić information content (AvgIpc) is 2.53. The van der Waals surface area contributed by atoms with E-state index < -0.39 is 0 Å². The number of rotatable bonds is 7. The fourth-order valence-electron chi connectivity index (χ4n) is 2.46. The molecular weight excluding hydrogens is 399 g/mol. The number of likely N-dealkylation sites (N-methyl/N-ethyl adjacent to an activating group) is 1. The molecule has 2 aromatic carbocycles. The second-order valence-electron chi connectivity index (χ2n) is 5.69. The quantitative estimate of drug-likeness (QED) is 0.707. The second kappa shape index (κ2) is 9.33. The molecule has 2 rings (SSSR count). The summed E-state index contributed by atoms with van der Waals surface area (Å²) in [6.45, 7) is 0.686. The normalized spacial score (nSPS) is 10.7. The molecule has 0 atom stereocenters. The molecule has 0 heterocycles. The zero-order valence-electron chi connectivity index (χ0n) is 14.6. The third-order valence-electron chi connectivity index (χ3n) is 3.54. The molecule has 0 saturated carbocycles. The highest BCUT2D eigenvalue weighted by atomic mass is 35.5. The Bertz CT molecular complexity index is 779. The molecule has 0 fully saturated rings. The van der Waals surface area contributed by atoms with Crippen LogP contribution >= 0.6 is 34.8 Å². The Morgan fingerprint density at radius 3 is 2.19 bits per heavy atom. The van der Waals surface area contributed by atoms with Crippen LogP contribution in [0, 0.1) is 0 Å². The molecular formula is C18H19Cl3N2O3. The van der Waals surface area contributed by atoms with Crippen LogP contribution in [0.5, 0.6) is 11.5 Å². The van der Waals surface area contributed by atoms with Crippen LogP contribution in [-0.4, -0.2) is 38.6 Å². The summed E-state index contributed by atoms with van der Waals surface area (Å²) in [6.07, 6.45) is 0. The van der Waals surface area contributed by atoms with Crippen molar-refractivity contribution >= 4 is 46.4 Å². The number of nitrogens with one attached hydrogen (secondary N) is 1. The lowest BCUT2D eigenvalue weighted by Gasteiger charge is -2.18. The van der Waals surface area contributed by atoms with Crippen LogP contribution in [0.4, 0.5) is 5.69 Å². The highest BCUT2D eigenvalue weighted by Crippen LogP contribution is 2.35. The van der Waals surface area contributed by atoms with Gasteiger partial charge in [0.25, 0.3) is 0 Å². The van der Waals surface area contributed by atoms with E-state index in [2.05, 4.69) is 5.32 Å². The maximum atomic E-state index is 12.3. The lowest BCUT2D eigenvalue weighted by Crippen LogP contribution is -2.30. The van der Waals surface area contributed by atoms with Crippen molar-refractivity contribution in [1.29, 1.82) is 0 Å². The number of halogens is 3. The monoisotopic (exact) mass is 416 g/mol. The third kappa shape index (κ3) is 5.68. The van der Waals surface area contributed by atoms with E-state index in [0.29, 0.717) is 38.8 Å². The summed E-state index contributed by atoms with van der Waals surface area (Å²) in [6, 6.07) is 8.50. The first-order chi connectivity index (χ1) is 12.3. The Kier molecular flexibility index (Phi) is 7.41. The lowest BCUT2D eigenvalue weighted by molar-refractivity contribution is -0.117. The van der Waals surface area contributed by atoms with Gasteiger partial charge in [-0.3, -0.25) is 9.69 Å². The summed E-state index contributed by atoms with van der Waals surface area (Å²) < 4.78 is 10.4. The molecule has 8 heteroatoms. The molecule has 0 aliphatic rings. The fourth-order valence-corrected chi connectivity index (χ4v) is 3.27. The van der Waals surface area contributed by atoms with E-state index in [0.717, 1.165) is 5.56 Å². The van der Waals surface area contributed by atoms with Gasteiger partial charge in [-0.1, -0.05) is 34.8 Å². The number of hydrogen-bond acceptors (Lipinski definition) is 4. The molecule has 0 aromatic heterocycles. The first-order valence-corrected chi connectivity index (χ1v) is 8.80. The van der Waals surface area contributed by atoms with E-state index in [-0.39, 0.29) is 12.5 Å². The molecule has 140 valence electrons. The van der Waals surface area contributed by atoms with E-state index in [1.165, 1.54) is 14.2 Å². The summed E-state index contributed by atoms with van der Waals surface area (Å²) >= 11 is 18.1. The van der Waals surface area contributed by atoms with Gasteiger partial charge in [-0.2, -0.15) is 0 Å². The topological polar surface area (TPSA) is 50.8 Å². The molecule has 1 N–H and O–H groups in total. The number of ether oxygens (including phenoxy) is 2. The van der Waals surface area contributed by atoms with E-state index in [4.69, 9.17) is 44.3 Å². The zero-order chi connectivity index (χ0) is 19.3. The molecule has 0 bridgehead atoms. The molecule has 0 spiro atoms. The molecule has 0 aliphatic carbocycles. The van der Waals surface area contributed by atoms with Crippen LogP contribution in [0.2, 0.25) is 15.1 Å². The van der Waals surface area contributed by atoms with E-state index >= 15 is 0 Å². The number of benzene rings is 2.